The van der Waals surface area contributed by atoms with Crippen molar-refractivity contribution in [1.82, 2.24) is 0 Å². The molecule has 1 saturated carbocycles. The number of aliphatic hydroxyl groups is 1. The van der Waals surface area contributed by atoms with E-state index in [0.717, 1.165) is 6.07 Å². The summed E-state index contributed by atoms with van der Waals surface area (Å²) in [5.41, 5.74) is -0.478. The average Bonchev–Trinajstić information content (AvgIpc) is 2.79. The van der Waals surface area contributed by atoms with Gasteiger partial charge in [-0.3, -0.25) is 0 Å². The number of alkyl halides is 3. The highest BCUT2D eigenvalue weighted by Crippen LogP contribution is 2.34. The van der Waals surface area contributed by atoms with Crippen LogP contribution in [0, 0.1) is 0 Å². The highest BCUT2D eigenvalue weighted by Gasteiger charge is 2.38. The zero-order valence-electron chi connectivity index (χ0n) is 11.3. The molecule has 3 rings (SSSR count). The van der Waals surface area contributed by atoms with Gasteiger partial charge in [0.2, 0.25) is 0 Å². The number of hydrogen-bond donors (Lipinski definition) is 1. The maximum Gasteiger partial charge on any atom is 0.416 e. The fraction of sp³-hybridized carbons (Fsp3) is 0.533. The zero-order valence-corrected chi connectivity index (χ0v) is 11.3. The molecule has 1 aromatic rings. The van der Waals surface area contributed by atoms with Gasteiger partial charge in [0, 0.05) is 6.42 Å². The first-order chi connectivity index (χ1) is 9.93. The van der Waals surface area contributed by atoms with Crippen molar-refractivity contribution in [3.8, 4) is 0 Å². The minimum Gasteiger partial charge on any atom is -0.475 e. The van der Waals surface area contributed by atoms with Crippen molar-refractivity contribution in [2.24, 2.45) is 4.99 Å². The van der Waals surface area contributed by atoms with Crippen LogP contribution >= 0.6 is 0 Å². The molecule has 1 aromatic carbocycles. The SMILES string of the molecule is OC1CCC2OC(Cc3ccccc3C(F)(F)F)=NC2C1. The number of fused-ring (bicyclic) bond motifs is 1. The Bertz CT molecular complexity index is 556. The van der Waals surface area contributed by atoms with Gasteiger partial charge in [-0.1, -0.05) is 18.2 Å². The monoisotopic (exact) mass is 299 g/mol. The van der Waals surface area contributed by atoms with E-state index < -0.39 is 11.7 Å². The Balaban J connectivity index is 1.78. The van der Waals surface area contributed by atoms with Gasteiger partial charge >= 0.3 is 6.18 Å². The standard InChI is InChI=1S/C15H16F3NO2/c16-15(17,18)11-4-2-1-3-9(11)7-14-19-12-8-10(20)5-6-13(12)21-14/h1-4,10,12-13,20H,5-8H2. The van der Waals surface area contributed by atoms with Crippen LogP contribution in [-0.2, 0) is 17.3 Å². The molecular weight excluding hydrogens is 283 g/mol. The Morgan fingerprint density at radius 2 is 2.00 bits per heavy atom. The van der Waals surface area contributed by atoms with Crippen LogP contribution in [0.5, 0.6) is 0 Å². The highest BCUT2D eigenvalue weighted by molar-refractivity contribution is 5.81. The van der Waals surface area contributed by atoms with Gasteiger partial charge in [0.1, 0.15) is 6.10 Å². The topological polar surface area (TPSA) is 41.8 Å². The molecule has 2 aliphatic rings. The van der Waals surface area contributed by atoms with E-state index in [-0.39, 0.29) is 30.2 Å². The lowest BCUT2D eigenvalue weighted by Crippen LogP contribution is -2.33. The van der Waals surface area contributed by atoms with E-state index in [4.69, 9.17) is 4.74 Å². The van der Waals surface area contributed by atoms with Gasteiger partial charge < -0.3 is 9.84 Å². The summed E-state index contributed by atoms with van der Waals surface area (Å²) < 4.78 is 44.5. The minimum absolute atomic E-state index is 0.0405. The second-order valence-electron chi connectivity index (χ2n) is 5.55. The number of halogens is 3. The molecule has 1 aliphatic carbocycles. The number of ether oxygens (including phenoxy) is 1. The highest BCUT2D eigenvalue weighted by atomic mass is 19.4. The summed E-state index contributed by atoms with van der Waals surface area (Å²) in [7, 11) is 0. The van der Waals surface area contributed by atoms with Gasteiger partial charge in [-0.15, -0.1) is 0 Å². The van der Waals surface area contributed by atoms with Crippen LogP contribution in [0.4, 0.5) is 13.2 Å². The molecule has 1 fully saturated rings. The third-order valence-corrected chi connectivity index (χ3v) is 3.99. The normalized spacial score (nSPS) is 28.8. The number of aliphatic hydroxyl groups excluding tert-OH is 1. The van der Waals surface area contributed by atoms with Crippen molar-refractivity contribution in [2.45, 2.75) is 50.1 Å². The Morgan fingerprint density at radius 1 is 1.24 bits per heavy atom. The minimum atomic E-state index is -4.38. The Kier molecular flexibility index (Phi) is 3.65. The van der Waals surface area contributed by atoms with Crippen molar-refractivity contribution in [3.63, 3.8) is 0 Å². The first-order valence-electron chi connectivity index (χ1n) is 7.00. The summed E-state index contributed by atoms with van der Waals surface area (Å²) in [6.07, 6.45) is -2.95. The number of aliphatic imine (C=N–C) groups is 1. The Hall–Kier alpha value is -1.56. The maximum atomic E-state index is 13.0. The molecule has 0 bridgehead atoms. The quantitative estimate of drug-likeness (QED) is 0.912. The number of rotatable bonds is 2. The Labute approximate surface area is 120 Å². The predicted octanol–water partition coefficient (Wildman–Crippen LogP) is 2.96. The van der Waals surface area contributed by atoms with Crippen molar-refractivity contribution >= 4 is 5.90 Å². The van der Waals surface area contributed by atoms with Gasteiger partial charge in [0.05, 0.1) is 17.7 Å². The van der Waals surface area contributed by atoms with Crippen LogP contribution in [0.2, 0.25) is 0 Å². The molecule has 1 heterocycles. The van der Waals surface area contributed by atoms with Gasteiger partial charge in [-0.2, -0.15) is 13.2 Å². The molecule has 114 valence electrons. The molecule has 0 saturated heterocycles. The zero-order chi connectivity index (χ0) is 15.0. The lowest BCUT2D eigenvalue weighted by molar-refractivity contribution is -0.138. The molecule has 3 nitrogen and oxygen atoms in total. The van der Waals surface area contributed by atoms with Crippen LogP contribution in [0.25, 0.3) is 0 Å². The van der Waals surface area contributed by atoms with Crippen molar-refractivity contribution in [2.75, 3.05) is 0 Å². The van der Waals surface area contributed by atoms with E-state index in [1.807, 2.05) is 0 Å². The lowest BCUT2D eigenvalue weighted by atomic mass is 9.91. The fourth-order valence-electron chi connectivity index (χ4n) is 2.96. The second-order valence-corrected chi connectivity index (χ2v) is 5.55. The third-order valence-electron chi connectivity index (χ3n) is 3.99. The molecular formula is C15H16F3NO2. The van der Waals surface area contributed by atoms with Gasteiger partial charge in [0.15, 0.2) is 5.90 Å². The summed E-state index contributed by atoms with van der Waals surface area (Å²) in [6, 6.07) is 5.35. The molecule has 21 heavy (non-hydrogen) atoms. The molecule has 0 aromatic heterocycles. The van der Waals surface area contributed by atoms with E-state index in [2.05, 4.69) is 4.99 Å². The second kappa shape index (κ2) is 5.33. The van der Waals surface area contributed by atoms with Gasteiger partial charge in [0.25, 0.3) is 0 Å². The molecule has 0 radical (unpaired) electrons. The van der Waals surface area contributed by atoms with Gasteiger partial charge in [-0.05, 0) is 30.9 Å². The molecule has 3 atom stereocenters. The summed E-state index contributed by atoms with van der Waals surface area (Å²) in [6.45, 7) is 0. The molecule has 6 heteroatoms. The third kappa shape index (κ3) is 3.05. The smallest absolute Gasteiger partial charge is 0.416 e. The van der Waals surface area contributed by atoms with Crippen LogP contribution < -0.4 is 0 Å². The van der Waals surface area contributed by atoms with E-state index in [0.29, 0.717) is 25.2 Å². The summed E-state index contributed by atoms with van der Waals surface area (Å²) in [5, 5.41) is 9.61. The lowest BCUT2D eigenvalue weighted by Gasteiger charge is -2.26. The first-order valence-corrected chi connectivity index (χ1v) is 7.00. The summed E-state index contributed by atoms with van der Waals surface area (Å²) >= 11 is 0. The van der Waals surface area contributed by atoms with Crippen LogP contribution in [-0.4, -0.2) is 29.3 Å². The molecule has 1 N–H and O–H groups in total. The molecule has 0 spiro atoms. The maximum absolute atomic E-state index is 13.0. The van der Waals surface area contributed by atoms with E-state index >= 15 is 0 Å². The Morgan fingerprint density at radius 3 is 2.76 bits per heavy atom. The van der Waals surface area contributed by atoms with Gasteiger partial charge in [-0.25, -0.2) is 4.99 Å². The van der Waals surface area contributed by atoms with E-state index in [1.165, 1.54) is 12.1 Å². The fourth-order valence-corrected chi connectivity index (χ4v) is 2.96. The summed E-state index contributed by atoms with van der Waals surface area (Å²) in [4.78, 5) is 4.35. The van der Waals surface area contributed by atoms with Crippen LogP contribution in [0.3, 0.4) is 0 Å². The number of benzene rings is 1. The van der Waals surface area contributed by atoms with E-state index in [1.54, 1.807) is 6.07 Å². The van der Waals surface area contributed by atoms with Crippen LogP contribution in [0.15, 0.2) is 29.3 Å². The number of hydrogen-bond acceptors (Lipinski definition) is 3. The molecule has 0 amide bonds. The molecule has 1 aliphatic heterocycles. The van der Waals surface area contributed by atoms with Crippen molar-refractivity contribution in [3.05, 3.63) is 35.4 Å². The van der Waals surface area contributed by atoms with Crippen LogP contribution in [0.1, 0.15) is 30.4 Å². The molecule has 3 unspecified atom stereocenters. The summed E-state index contributed by atoms with van der Waals surface area (Å²) in [5.74, 6) is 0.343. The van der Waals surface area contributed by atoms with E-state index in [9.17, 15) is 18.3 Å². The first kappa shape index (κ1) is 14.4. The predicted molar refractivity (Wildman–Crippen MR) is 71.1 cm³/mol. The number of nitrogens with zero attached hydrogens (tertiary/aromatic N) is 1. The average molecular weight is 299 g/mol. The largest absolute Gasteiger partial charge is 0.475 e. The van der Waals surface area contributed by atoms with Crippen molar-refractivity contribution < 1.29 is 23.0 Å². The van der Waals surface area contributed by atoms with Crippen molar-refractivity contribution in [1.29, 1.82) is 0 Å².